The van der Waals surface area contributed by atoms with E-state index in [9.17, 15) is 0 Å². The Morgan fingerprint density at radius 3 is 2.81 bits per heavy atom. The quantitative estimate of drug-likeness (QED) is 0.722. The molecule has 1 aromatic carbocycles. The third-order valence-electron chi connectivity index (χ3n) is 2.50. The molecule has 0 fully saturated rings. The minimum absolute atomic E-state index is 0.0263. The van der Waals surface area contributed by atoms with Gasteiger partial charge in [-0.15, -0.1) is 0 Å². The van der Waals surface area contributed by atoms with E-state index in [-0.39, 0.29) is 6.10 Å². The van der Waals surface area contributed by atoms with Crippen molar-refractivity contribution in [2.75, 3.05) is 20.3 Å². The van der Waals surface area contributed by atoms with Gasteiger partial charge in [0.2, 0.25) is 0 Å². The molecular weight excluding hydrogens is 202 g/mol. The van der Waals surface area contributed by atoms with Crippen LogP contribution in [0.25, 0.3) is 0 Å². The lowest BCUT2D eigenvalue weighted by Gasteiger charge is -2.16. The SMILES string of the molecule is CCCCOC(CN)c1cccc(OC)c1. The summed E-state index contributed by atoms with van der Waals surface area (Å²) in [6.07, 6.45) is 2.18. The van der Waals surface area contributed by atoms with Crippen LogP contribution in [0.15, 0.2) is 24.3 Å². The van der Waals surface area contributed by atoms with Crippen molar-refractivity contribution in [3.63, 3.8) is 0 Å². The summed E-state index contributed by atoms with van der Waals surface area (Å²) in [4.78, 5) is 0. The summed E-state index contributed by atoms with van der Waals surface area (Å²) in [7, 11) is 1.66. The molecule has 1 aromatic rings. The van der Waals surface area contributed by atoms with Crippen LogP contribution in [0.1, 0.15) is 31.4 Å². The Labute approximate surface area is 97.6 Å². The zero-order valence-corrected chi connectivity index (χ0v) is 10.1. The van der Waals surface area contributed by atoms with Gasteiger partial charge in [-0.3, -0.25) is 0 Å². The molecule has 0 aliphatic rings. The third kappa shape index (κ3) is 3.83. The average Bonchev–Trinajstić information content (AvgIpc) is 2.35. The first-order valence-electron chi connectivity index (χ1n) is 5.77. The van der Waals surface area contributed by atoms with Gasteiger partial charge in [-0.05, 0) is 24.1 Å². The normalized spacial score (nSPS) is 12.4. The zero-order valence-electron chi connectivity index (χ0n) is 10.1. The van der Waals surface area contributed by atoms with Gasteiger partial charge in [0, 0.05) is 13.2 Å². The maximum atomic E-state index is 5.74. The molecule has 0 saturated carbocycles. The lowest BCUT2D eigenvalue weighted by Crippen LogP contribution is -2.16. The van der Waals surface area contributed by atoms with Crippen molar-refractivity contribution in [3.05, 3.63) is 29.8 Å². The van der Waals surface area contributed by atoms with Crippen molar-refractivity contribution in [2.45, 2.75) is 25.9 Å². The van der Waals surface area contributed by atoms with E-state index in [1.54, 1.807) is 7.11 Å². The van der Waals surface area contributed by atoms with Crippen molar-refractivity contribution in [2.24, 2.45) is 5.73 Å². The van der Waals surface area contributed by atoms with E-state index >= 15 is 0 Å². The van der Waals surface area contributed by atoms with Crippen LogP contribution >= 0.6 is 0 Å². The standard InChI is InChI=1S/C13H21NO2/c1-3-4-8-16-13(10-14)11-6-5-7-12(9-11)15-2/h5-7,9,13H,3-4,8,10,14H2,1-2H3. The van der Waals surface area contributed by atoms with Crippen LogP contribution in [0.5, 0.6) is 5.75 Å². The van der Waals surface area contributed by atoms with Crippen LogP contribution in [0.3, 0.4) is 0 Å². The molecule has 1 rings (SSSR count). The number of nitrogens with two attached hydrogens (primary N) is 1. The molecule has 16 heavy (non-hydrogen) atoms. The fraction of sp³-hybridized carbons (Fsp3) is 0.538. The van der Waals surface area contributed by atoms with Crippen LogP contribution in [0.2, 0.25) is 0 Å². The molecule has 0 heterocycles. The molecule has 90 valence electrons. The Kier molecular flexibility index (Phi) is 5.90. The number of rotatable bonds is 7. The van der Waals surface area contributed by atoms with Crippen molar-refractivity contribution in [1.29, 1.82) is 0 Å². The van der Waals surface area contributed by atoms with E-state index in [2.05, 4.69) is 6.92 Å². The van der Waals surface area contributed by atoms with E-state index < -0.39 is 0 Å². The van der Waals surface area contributed by atoms with E-state index in [4.69, 9.17) is 15.2 Å². The first-order valence-corrected chi connectivity index (χ1v) is 5.77. The van der Waals surface area contributed by atoms with Crippen molar-refractivity contribution >= 4 is 0 Å². The van der Waals surface area contributed by atoms with Crippen molar-refractivity contribution in [3.8, 4) is 5.75 Å². The summed E-state index contributed by atoms with van der Waals surface area (Å²) in [5, 5.41) is 0. The van der Waals surface area contributed by atoms with Gasteiger partial charge < -0.3 is 15.2 Å². The average molecular weight is 223 g/mol. The van der Waals surface area contributed by atoms with Gasteiger partial charge in [0.05, 0.1) is 13.2 Å². The van der Waals surface area contributed by atoms with Gasteiger partial charge in [-0.25, -0.2) is 0 Å². The molecule has 0 aliphatic carbocycles. The second-order valence-electron chi connectivity index (χ2n) is 3.73. The third-order valence-corrected chi connectivity index (χ3v) is 2.50. The first-order chi connectivity index (χ1) is 7.81. The molecule has 1 unspecified atom stereocenters. The summed E-state index contributed by atoms with van der Waals surface area (Å²) in [6.45, 7) is 3.40. The molecule has 1 atom stereocenters. The van der Waals surface area contributed by atoms with Gasteiger partial charge in [0.15, 0.2) is 0 Å². The summed E-state index contributed by atoms with van der Waals surface area (Å²) in [5.41, 5.74) is 6.79. The van der Waals surface area contributed by atoms with Crippen molar-refractivity contribution < 1.29 is 9.47 Å². The van der Waals surface area contributed by atoms with Crippen molar-refractivity contribution in [1.82, 2.24) is 0 Å². The maximum absolute atomic E-state index is 5.74. The monoisotopic (exact) mass is 223 g/mol. The van der Waals surface area contributed by atoms with Gasteiger partial charge in [0.25, 0.3) is 0 Å². The largest absolute Gasteiger partial charge is 0.497 e. The highest BCUT2D eigenvalue weighted by Gasteiger charge is 2.10. The lowest BCUT2D eigenvalue weighted by atomic mass is 10.1. The number of hydrogen-bond donors (Lipinski definition) is 1. The lowest BCUT2D eigenvalue weighted by molar-refractivity contribution is 0.0565. The van der Waals surface area contributed by atoms with E-state index in [1.165, 1.54) is 0 Å². The van der Waals surface area contributed by atoms with Crippen LogP contribution in [-0.2, 0) is 4.74 Å². The Balaban J connectivity index is 2.62. The van der Waals surface area contributed by atoms with Gasteiger partial charge in [-0.2, -0.15) is 0 Å². The fourth-order valence-corrected chi connectivity index (χ4v) is 1.51. The zero-order chi connectivity index (χ0) is 11.8. The second-order valence-corrected chi connectivity index (χ2v) is 3.73. The number of hydrogen-bond acceptors (Lipinski definition) is 3. The molecule has 3 nitrogen and oxygen atoms in total. The molecule has 0 radical (unpaired) electrons. The van der Waals surface area contributed by atoms with E-state index in [0.29, 0.717) is 6.54 Å². The number of ether oxygens (including phenoxy) is 2. The van der Waals surface area contributed by atoms with E-state index in [0.717, 1.165) is 30.8 Å². The molecule has 0 saturated heterocycles. The van der Waals surface area contributed by atoms with Crippen LogP contribution in [-0.4, -0.2) is 20.3 Å². The molecule has 0 aromatic heterocycles. The first kappa shape index (κ1) is 13.0. The van der Waals surface area contributed by atoms with Gasteiger partial charge in [0.1, 0.15) is 5.75 Å². The highest BCUT2D eigenvalue weighted by atomic mass is 16.5. The molecule has 0 bridgehead atoms. The molecule has 0 spiro atoms. The summed E-state index contributed by atoms with van der Waals surface area (Å²) in [5.74, 6) is 0.843. The summed E-state index contributed by atoms with van der Waals surface area (Å²) in [6, 6.07) is 7.87. The number of unbranched alkanes of at least 4 members (excludes halogenated alkanes) is 1. The molecule has 3 heteroatoms. The Hall–Kier alpha value is -1.06. The highest BCUT2D eigenvalue weighted by Crippen LogP contribution is 2.21. The number of methoxy groups -OCH3 is 1. The summed E-state index contributed by atoms with van der Waals surface area (Å²) >= 11 is 0. The topological polar surface area (TPSA) is 44.5 Å². The fourth-order valence-electron chi connectivity index (χ4n) is 1.51. The Bertz CT molecular complexity index is 302. The molecule has 2 N–H and O–H groups in total. The number of benzene rings is 1. The predicted molar refractivity (Wildman–Crippen MR) is 65.6 cm³/mol. The van der Waals surface area contributed by atoms with E-state index in [1.807, 2.05) is 24.3 Å². The van der Waals surface area contributed by atoms with Crippen LogP contribution in [0, 0.1) is 0 Å². The minimum Gasteiger partial charge on any atom is -0.497 e. The summed E-state index contributed by atoms with van der Waals surface area (Å²) < 4.78 is 10.9. The van der Waals surface area contributed by atoms with Crippen LogP contribution in [0.4, 0.5) is 0 Å². The predicted octanol–water partition coefficient (Wildman–Crippen LogP) is 2.51. The highest BCUT2D eigenvalue weighted by molar-refractivity contribution is 5.30. The maximum Gasteiger partial charge on any atom is 0.119 e. The Morgan fingerprint density at radius 1 is 1.38 bits per heavy atom. The van der Waals surface area contributed by atoms with Gasteiger partial charge >= 0.3 is 0 Å². The molecule has 0 amide bonds. The second kappa shape index (κ2) is 7.25. The molecule has 0 aliphatic heterocycles. The van der Waals surface area contributed by atoms with Gasteiger partial charge in [-0.1, -0.05) is 25.5 Å². The smallest absolute Gasteiger partial charge is 0.119 e. The van der Waals surface area contributed by atoms with Crippen LogP contribution < -0.4 is 10.5 Å². The molecular formula is C13H21NO2. The minimum atomic E-state index is -0.0263. The Morgan fingerprint density at radius 2 is 2.19 bits per heavy atom.